The lowest BCUT2D eigenvalue weighted by molar-refractivity contribution is -0.184. The van der Waals surface area contributed by atoms with Crippen LogP contribution in [0.2, 0.25) is 10.0 Å². The van der Waals surface area contributed by atoms with Crippen molar-refractivity contribution in [1.29, 1.82) is 0 Å². The molecule has 1 heterocycles. The Morgan fingerprint density at radius 2 is 1.64 bits per heavy atom. The van der Waals surface area contributed by atoms with Gasteiger partial charge < -0.3 is 4.90 Å². The molecule has 1 aliphatic rings. The molecule has 25 heavy (non-hydrogen) atoms. The largest absolute Gasteiger partial charge is 0.400 e. The van der Waals surface area contributed by atoms with Crippen molar-refractivity contribution in [1.82, 2.24) is 0 Å². The Kier molecular flexibility index (Phi) is 5.00. The summed E-state index contributed by atoms with van der Waals surface area (Å²) in [5, 5.41) is 0.439. The van der Waals surface area contributed by atoms with E-state index in [1.165, 1.54) is 18.2 Å². The third kappa shape index (κ3) is 3.49. The van der Waals surface area contributed by atoms with Gasteiger partial charge in [-0.3, -0.25) is 0 Å². The molecule has 1 saturated heterocycles. The zero-order valence-corrected chi connectivity index (χ0v) is 15.2. The van der Waals surface area contributed by atoms with Crippen molar-refractivity contribution in [3.05, 3.63) is 63.6 Å². The quantitative estimate of drug-likeness (QED) is 0.683. The van der Waals surface area contributed by atoms with Gasteiger partial charge in [-0.15, -0.1) is 0 Å². The summed E-state index contributed by atoms with van der Waals surface area (Å²) in [5.41, 5.74) is 0.124. The van der Waals surface area contributed by atoms with Gasteiger partial charge in [-0.1, -0.05) is 47.2 Å². The van der Waals surface area contributed by atoms with E-state index in [1.54, 1.807) is 4.90 Å². The molecule has 0 bridgehead atoms. The summed E-state index contributed by atoms with van der Waals surface area (Å²) in [6.07, 6.45) is -3.52. The van der Waals surface area contributed by atoms with Crippen LogP contribution in [0.4, 0.5) is 18.9 Å². The Balaban J connectivity index is 1.98. The first-order valence-corrected chi connectivity index (χ1v) is 8.88. The van der Waals surface area contributed by atoms with Crippen LogP contribution >= 0.6 is 23.2 Å². The van der Waals surface area contributed by atoms with Gasteiger partial charge in [-0.05, 0) is 42.3 Å². The van der Waals surface area contributed by atoms with Gasteiger partial charge in [0, 0.05) is 28.8 Å². The maximum Gasteiger partial charge on any atom is 0.400 e. The summed E-state index contributed by atoms with van der Waals surface area (Å²) >= 11 is 11.9. The summed E-state index contributed by atoms with van der Waals surface area (Å²) in [6, 6.07) is 11.9. The van der Waals surface area contributed by atoms with Crippen LogP contribution in [0, 0.1) is 0 Å². The van der Waals surface area contributed by atoms with E-state index in [-0.39, 0.29) is 28.6 Å². The number of anilines is 1. The molecule has 2 aromatic carbocycles. The predicted octanol–water partition coefficient (Wildman–Crippen LogP) is 4.84. The van der Waals surface area contributed by atoms with Crippen molar-refractivity contribution in [3.8, 4) is 0 Å². The molecule has 1 aliphatic heterocycles. The second-order valence-electron chi connectivity index (χ2n) is 6.43. The second-order valence-corrected chi connectivity index (χ2v) is 7.30. The van der Waals surface area contributed by atoms with Crippen molar-refractivity contribution in [3.63, 3.8) is 0 Å². The zero-order valence-electron chi connectivity index (χ0n) is 13.7. The highest BCUT2D eigenvalue weighted by Gasteiger charge is 2.59. The van der Waals surface area contributed by atoms with Gasteiger partial charge in [-0.25, -0.2) is 0 Å². The summed E-state index contributed by atoms with van der Waals surface area (Å²) in [5.74, 6) is 0. The Morgan fingerprint density at radius 1 is 1.04 bits per heavy atom. The zero-order chi connectivity index (χ0) is 18.2. The second kappa shape index (κ2) is 6.77. The predicted molar refractivity (Wildman–Crippen MR) is 99.7 cm³/mol. The molecule has 1 unspecified atom stereocenters. The molecule has 132 valence electrons. The third-order valence-electron chi connectivity index (χ3n) is 4.94. The average Bonchev–Trinajstić information content (AvgIpc) is 3.00. The maximum absolute atomic E-state index is 14.1. The first kappa shape index (κ1) is 18.5. The van der Waals surface area contributed by atoms with E-state index in [1.807, 2.05) is 32.1 Å². The molecule has 1 atom stereocenters. The summed E-state index contributed by atoms with van der Waals surface area (Å²) < 4.78 is 42.2. The molecule has 1 fully saturated rings. The SMILES string of the molecule is BCc1ccc(N2CCC(c3cc(Cl)cc(Cl)c3)(C(F)(F)F)C2)cc1. The van der Waals surface area contributed by atoms with Crippen LogP contribution in [0.5, 0.6) is 0 Å². The molecule has 3 rings (SSSR count). The number of benzene rings is 2. The molecule has 0 aliphatic carbocycles. The van der Waals surface area contributed by atoms with Gasteiger partial charge in [0.1, 0.15) is 13.3 Å². The van der Waals surface area contributed by atoms with Gasteiger partial charge in [0.25, 0.3) is 0 Å². The normalized spacial score (nSPS) is 20.9. The highest BCUT2D eigenvalue weighted by Crippen LogP contribution is 2.49. The molecular weight excluding hydrogens is 369 g/mol. The maximum atomic E-state index is 14.1. The van der Waals surface area contributed by atoms with Crippen LogP contribution < -0.4 is 4.90 Å². The molecule has 0 aromatic heterocycles. The van der Waals surface area contributed by atoms with E-state index in [0.29, 0.717) is 6.54 Å². The number of hydrogen-bond acceptors (Lipinski definition) is 1. The lowest BCUT2D eigenvalue weighted by Gasteiger charge is -2.33. The van der Waals surface area contributed by atoms with Crippen molar-refractivity contribution < 1.29 is 13.2 Å². The molecule has 0 saturated carbocycles. The molecule has 0 amide bonds. The van der Waals surface area contributed by atoms with E-state index in [0.717, 1.165) is 17.6 Å². The monoisotopic (exact) mass is 385 g/mol. The molecule has 0 spiro atoms. The van der Waals surface area contributed by atoms with Gasteiger partial charge in [-0.2, -0.15) is 13.2 Å². The van der Waals surface area contributed by atoms with Crippen molar-refractivity contribution in [2.45, 2.75) is 24.3 Å². The Hall–Kier alpha value is -1.33. The van der Waals surface area contributed by atoms with Crippen molar-refractivity contribution >= 4 is 36.7 Å². The Morgan fingerprint density at radius 3 is 2.16 bits per heavy atom. The molecule has 0 N–H and O–H groups in total. The highest BCUT2D eigenvalue weighted by molar-refractivity contribution is 6.34. The van der Waals surface area contributed by atoms with E-state index >= 15 is 0 Å². The fraction of sp³-hybridized carbons (Fsp3) is 0.333. The molecule has 7 heteroatoms. The van der Waals surface area contributed by atoms with Crippen LogP contribution in [-0.4, -0.2) is 27.1 Å². The average molecular weight is 386 g/mol. The van der Waals surface area contributed by atoms with Gasteiger partial charge in [0.2, 0.25) is 0 Å². The standard InChI is InChI=1S/C18H17BCl2F3N/c19-10-12-1-3-16(4-2-12)25-6-5-17(11-25,18(22,23)24)13-7-14(20)9-15(21)8-13/h1-4,7-9H,5-6,10-11,19H2. The third-order valence-corrected chi connectivity index (χ3v) is 5.37. The minimum absolute atomic E-state index is 0.0251. The van der Waals surface area contributed by atoms with E-state index in [9.17, 15) is 13.2 Å². The van der Waals surface area contributed by atoms with Crippen LogP contribution in [0.25, 0.3) is 0 Å². The first-order chi connectivity index (χ1) is 11.7. The number of alkyl halides is 3. The smallest absolute Gasteiger partial charge is 0.370 e. The molecular formula is C18H17BCl2F3N. The number of hydrogen-bond donors (Lipinski definition) is 0. The molecule has 1 nitrogen and oxygen atoms in total. The summed E-state index contributed by atoms with van der Waals surface area (Å²) in [7, 11) is 2.04. The van der Waals surface area contributed by atoms with Crippen LogP contribution in [0.15, 0.2) is 42.5 Å². The molecule has 2 aromatic rings. The van der Waals surface area contributed by atoms with Crippen LogP contribution in [0.3, 0.4) is 0 Å². The van der Waals surface area contributed by atoms with Crippen molar-refractivity contribution in [2.75, 3.05) is 18.0 Å². The summed E-state index contributed by atoms with van der Waals surface area (Å²) in [4.78, 5) is 1.78. The van der Waals surface area contributed by atoms with E-state index in [2.05, 4.69) is 0 Å². The molecule has 0 radical (unpaired) electrons. The van der Waals surface area contributed by atoms with Gasteiger partial charge in [0.05, 0.1) is 0 Å². The minimum atomic E-state index is -4.39. The lowest BCUT2D eigenvalue weighted by atomic mass is 9.79. The summed E-state index contributed by atoms with van der Waals surface area (Å²) in [6.45, 7) is 0.188. The minimum Gasteiger partial charge on any atom is -0.370 e. The fourth-order valence-electron chi connectivity index (χ4n) is 3.43. The fourth-order valence-corrected chi connectivity index (χ4v) is 3.96. The van der Waals surface area contributed by atoms with Crippen LogP contribution in [-0.2, 0) is 11.7 Å². The highest BCUT2D eigenvalue weighted by atomic mass is 35.5. The van der Waals surface area contributed by atoms with Crippen molar-refractivity contribution in [2.24, 2.45) is 0 Å². The topological polar surface area (TPSA) is 3.24 Å². The van der Waals surface area contributed by atoms with Crippen LogP contribution in [0.1, 0.15) is 17.5 Å². The first-order valence-electron chi connectivity index (χ1n) is 8.12. The number of rotatable bonds is 3. The number of nitrogens with zero attached hydrogens (tertiary/aromatic N) is 1. The van der Waals surface area contributed by atoms with Gasteiger partial charge in [0.15, 0.2) is 0 Å². The number of halogens is 5. The van der Waals surface area contributed by atoms with E-state index in [4.69, 9.17) is 23.2 Å². The lowest BCUT2D eigenvalue weighted by Crippen LogP contribution is -2.44. The van der Waals surface area contributed by atoms with Gasteiger partial charge >= 0.3 is 6.18 Å². The van der Waals surface area contributed by atoms with E-state index < -0.39 is 11.6 Å². The Labute approximate surface area is 156 Å². The Bertz CT molecular complexity index is 744.